The fourth-order valence-corrected chi connectivity index (χ4v) is 1.70. The molecular formula is C11H19F3N2O3. The number of nitrogens with one attached hydrogen (secondary N) is 2. The normalized spacial score (nSPS) is 19.2. The van der Waals surface area contributed by atoms with Crippen molar-refractivity contribution in [2.24, 2.45) is 0 Å². The van der Waals surface area contributed by atoms with Gasteiger partial charge in [0.25, 0.3) is 0 Å². The Kier molecular flexibility index (Phi) is 6.53. The Balaban J connectivity index is 2.07. The lowest BCUT2D eigenvalue weighted by molar-refractivity contribution is -0.201. The second kappa shape index (κ2) is 7.66. The molecule has 8 heteroatoms. The van der Waals surface area contributed by atoms with Gasteiger partial charge in [-0.2, -0.15) is 13.2 Å². The maximum Gasteiger partial charge on any atom is 0.416 e. The average Bonchev–Trinajstić information content (AvgIpc) is 2.36. The topological polar surface area (TPSA) is 70.6 Å². The molecule has 1 atom stereocenters. The van der Waals surface area contributed by atoms with Crippen LogP contribution in [0.5, 0.6) is 0 Å². The first kappa shape index (κ1) is 16.2. The Bertz CT molecular complexity index is 281. The van der Waals surface area contributed by atoms with Crippen molar-refractivity contribution in [3.05, 3.63) is 0 Å². The van der Waals surface area contributed by atoms with E-state index in [2.05, 4.69) is 5.32 Å². The molecule has 1 aliphatic heterocycles. The van der Waals surface area contributed by atoms with Gasteiger partial charge in [-0.3, -0.25) is 4.79 Å². The lowest BCUT2D eigenvalue weighted by Gasteiger charge is -2.22. The molecule has 1 amide bonds. The molecule has 0 aromatic heterocycles. The molecule has 0 aromatic rings. The van der Waals surface area contributed by atoms with Crippen LogP contribution in [-0.4, -0.2) is 55.6 Å². The predicted molar refractivity (Wildman–Crippen MR) is 61.5 cm³/mol. The minimum absolute atomic E-state index is 0.00545. The van der Waals surface area contributed by atoms with Crippen LogP contribution >= 0.6 is 0 Å². The molecule has 1 fully saturated rings. The average molecular weight is 284 g/mol. The van der Waals surface area contributed by atoms with Gasteiger partial charge in [-0.05, 0) is 25.9 Å². The maximum atomic E-state index is 12.0. The summed E-state index contributed by atoms with van der Waals surface area (Å²) in [6.07, 6.45) is -5.40. The lowest BCUT2D eigenvalue weighted by Crippen LogP contribution is -2.41. The van der Waals surface area contributed by atoms with Gasteiger partial charge in [-0.15, -0.1) is 0 Å². The van der Waals surface area contributed by atoms with Gasteiger partial charge >= 0.3 is 6.18 Å². The van der Waals surface area contributed by atoms with Gasteiger partial charge in [0, 0.05) is 6.42 Å². The summed E-state index contributed by atoms with van der Waals surface area (Å²) in [7, 11) is 0. The van der Waals surface area contributed by atoms with Gasteiger partial charge in [0.1, 0.15) is 0 Å². The zero-order valence-electron chi connectivity index (χ0n) is 10.5. The fourth-order valence-electron chi connectivity index (χ4n) is 1.70. The Morgan fingerprint density at radius 2 is 2.05 bits per heavy atom. The molecular weight excluding hydrogens is 265 g/mol. The van der Waals surface area contributed by atoms with Gasteiger partial charge in [-0.1, -0.05) is 0 Å². The van der Waals surface area contributed by atoms with Gasteiger partial charge in [0.15, 0.2) is 6.10 Å². The standard InChI is InChI=1S/C11H19F3N2O3/c12-11(13,14)9(17)7-16-10(18)3-6-19-8-1-4-15-5-2-8/h8-9,15,17H,1-7H2,(H,16,18). The molecule has 0 aliphatic carbocycles. The van der Waals surface area contributed by atoms with Gasteiger partial charge in [-0.25, -0.2) is 0 Å². The Morgan fingerprint density at radius 1 is 1.42 bits per heavy atom. The zero-order valence-corrected chi connectivity index (χ0v) is 10.5. The molecule has 5 nitrogen and oxygen atoms in total. The van der Waals surface area contributed by atoms with Crippen molar-refractivity contribution in [3.8, 4) is 0 Å². The molecule has 1 aliphatic rings. The van der Waals surface area contributed by atoms with Crippen molar-refractivity contribution < 1.29 is 27.8 Å². The van der Waals surface area contributed by atoms with Crippen molar-refractivity contribution >= 4 is 5.91 Å². The predicted octanol–water partition coefficient (Wildman–Crippen LogP) is 0.184. The van der Waals surface area contributed by atoms with Crippen LogP contribution in [0.25, 0.3) is 0 Å². The number of aliphatic hydroxyl groups is 1. The molecule has 0 aromatic carbocycles. The highest BCUT2D eigenvalue weighted by atomic mass is 19.4. The first-order valence-corrected chi connectivity index (χ1v) is 6.23. The van der Waals surface area contributed by atoms with Crippen molar-refractivity contribution in [2.75, 3.05) is 26.2 Å². The van der Waals surface area contributed by atoms with Crippen LogP contribution < -0.4 is 10.6 Å². The van der Waals surface area contributed by atoms with E-state index in [-0.39, 0.29) is 19.1 Å². The number of carbonyl (C=O) groups is 1. The molecule has 19 heavy (non-hydrogen) atoms. The number of amides is 1. The number of piperidine rings is 1. The Morgan fingerprint density at radius 3 is 2.63 bits per heavy atom. The second-order valence-electron chi connectivity index (χ2n) is 4.43. The third-order valence-corrected chi connectivity index (χ3v) is 2.84. The van der Waals surface area contributed by atoms with E-state index in [1.54, 1.807) is 0 Å². The first-order valence-electron chi connectivity index (χ1n) is 6.23. The van der Waals surface area contributed by atoms with Crippen LogP contribution in [0, 0.1) is 0 Å². The number of halogens is 3. The highest BCUT2D eigenvalue weighted by molar-refractivity contribution is 5.75. The highest BCUT2D eigenvalue weighted by Crippen LogP contribution is 2.19. The smallest absolute Gasteiger partial charge is 0.382 e. The summed E-state index contributed by atoms with van der Waals surface area (Å²) in [4.78, 5) is 11.2. The van der Waals surface area contributed by atoms with Crippen LogP contribution in [0.1, 0.15) is 19.3 Å². The van der Waals surface area contributed by atoms with E-state index in [4.69, 9.17) is 9.84 Å². The van der Waals surface area contributed by atoms with Crippen LogP contribution in [0.15, 0.2) is 0 Å². The van der Waals surface area contributed by atoms with Gasteiger partial charge in [0.05, 0.1) is 19.3 Å². The summed E-state index contributed by atoms with van der Waals surface area (Å²) in [5, 5.41) is 13.9. The third-order valence-electron chi connectivity index (χ3n) is 2.84. The molecule has 112 valence electrons. The van der Waals surface area contributed by atoms with Gasteiger partial charge in [0.2, 0.25) is 5.91 Å². The van der Waals surface area contributed by atoms with E-state index in [0.717, 1.165) is 25.9 Å². The van der Waals surface area contributed by atoms with E-state index < -0.39 is 24.7 Å². The molecule has 0 spiro atoms. The Hall–Kier alpha value is -0.860. The molecule has 0 saturated carbocycles. The Labute approximate surface area is 109 Å². The molecule has 0 radical (unpaired) electrons. The van der Waals surface area contributed by atoms with Crippen LogP contribution in [0.4, 0.5) is 13.2 Å². The van der Waals surface area contributed by atoms with Crippen molar-refractivity contribution in [3.63, 3.8) is 0 Å². The number of rotatable bonds is 6. The second-order valence-corrected chi connectivity index (χ2v) is 4.43. The number of hydrogen-bond acceptors (Lipinski definition) is 4. The number of aliphatic hydroxyl groups excluding tert-OH is 1. The van der Waals surface area contributed by atoms with Gasteiger partial charge < -0.3 is 20.5 Å². The van der Waals surface area contributed by atoms with Crippen LogP contribution in [0.2, 0.25) is 0 Å². The van der Waals surface area contributed by atoms with Crippen molar-refractivity contribution in [2.45, 2.75) is 37.6 Å². The number of alkyl halides is 3. The minimum atomic E-state index is -4.71. The molecule has 1 unspecified atom stereocenters. The van der Waals surface area contributed by atoms with E-state index in [1.165, 1.54) is 0 Å². The summed E-state index contributed by atoms with van der Waals surface area (Å²) in [6, 6.07) is 0. The van der Waals surface area contributed by atoms with E-state index in [9.17, 15) is 18.0 Å². The number of ether oxygens (including phenoxy) is 1. The van der Waals surface area contributed by atoms with E-state index >= 15 is 0 Å². The monoisotopic (exact) mass is 284 g/mol. The number of hydrogen-bond donors (Lipinski definition) is 3. The van der Waals surface area contributed by atoms with Crippen molar-refractivity contribution in [1.82, 2.24) is 10.6 Å². The SMILES string of the molecule is O=C(CCOC1CCNCC1)NCC(O)C(F)(F)F. The molecule has 1 rings (SSSR count). The quantitative estimate of drug-likeness (QED) is 0.651. The summed E-state index contributed by atoms with van der Waals surface area (Å²) in [5.41, 5.74) is 0. The van der Waals surface area contributed by atoms with E-state index in [1.807, 2.05) is 5.32 Å². The fraction of sp³-hybridized carbons (Fsp3) is 0.909. The zero-order chi connectivity index (χ0) is 14.3. The molecule has 3 N–H and O–H groups in total. The molecule has 0 bridgehead atoms. The summed E-state index contributed by atoms with van der Waals surface area (Å²) >= 11 is 0. The number of carbonyl (C=O) groups excluding carboxylic acids is 1. The summed E-state index contributed by atoms with van der Waals surface area (Å²) < 4.78 is 41.3. The highest BCUT2D eigenvalue weighted by Gasteiger charge is 2.38. The summed E-state index contributed by atoms with van der Waals surface area (Å²) in [6.45, 7) is 1.09. The van der Waals surface area contributed by atoms with E-state index in [0.29, 0.717) is 0 Å². The van der Waals surface area contributed by atoms with Crippen LogP contribution in [0.3, 0.4) is 0 Å². The van der Waals surface area contributed by atoms with Crippen molar-refractivity contribution in [1.29, 1.82) is 0 Å². The van der Waals surface area contributed by atoms with Crippen LogP contribution in [-0.2, 0) is 9.53 Å². The molecule has 1 saturated heterocycles. The maximum absolute atomic E-state index is 12.0. The first-order chi connectivity index (χ1) is 8.89. The summed E-state index contributed by atoms with van der Waals surface area (Å²) in [5.74, 6) is -0.558. The molecule has 1 heterocycles. The minimum Gasteiger partial charge on any atom is -0.382 e. The third kappa shape index (κ3) is 6.74. The lowest BCUT2D eigenvalue weighted by atomic mass is 10.1. The largest absolute Gasteiger partial charge is 0.416 e.